The summed E-state index contributed by atoms with van der Waals surface area (Å²) in [6, 6.07) is 1.67. The van der Waals surface area contributed by atoms with Crippen LogP contribution >= 0.6 is 23.2 Å². The van der Waals surface area contributed by atoms with Crippen molar-refractivity contribution in [2.24, 2.45) is 0 Å². The molecule has 2 heterocycles. The quantitative estimate of drug-likeness (QED) is 0.818. The first-order valence-electron chi connectivity index (χ1n) is 6.00. The Morgan fingerprint density at radius 3 is 3.11 bits per heavy atom. The molecule has 0 bridgehead atoms. The van der Waals surface area contributed by atoms with Crippen molar-refractivity contribution in [2.45, 2.75) is 18.9 Å². The second-order valence-corrected chi connectivity index (χ2v) is 4.96. The molecular weight excluding hydrogens is 275 g/mol. The molecule has 4 nitrogen and oxygen atoms in total. The molecule has 0 radical (unpaired) electrons. The fraction of sp³-hybridized carbons (Fsp3) is 0.583. The maximum atomic E-state index is 5.99. The van der Waals surface area contributed by atoms with Gasteiger partial charge in [-0.25, -0.2) is 4.98 Å². The second-order valence-electron chi connectivity index (χ2n) is 4.12. The number of halogens is 2. The van der Waals surface area contributed by atoms with Gasteiger partial charge in [-0.3, -0.25) is 0 Å². The Morgan fingerprint density at radius 1 is 1.50 bits per heavy atom. The van der Waals surface area contributed by atoms with Gasteiger partial charge in [0.1, 0.15) is 5.82 Å². The topological polar surface area (TPSA) is 43.4 Å². The summed E-state index contributed by atoms with van der Waals surface area (Å²) in [6.07, 6.45) is 3.74. The van der Waals surface area contributed by atoms with Crippen LogP contribution < -0.4 is 5.32 Å². The molecular formula is C12H16Cl2N2O2. The number of nitrogens with zero attached hydrogens (tertiary/aromatic N) is 1. The van der Waals surface area contributed by atoms with E-state index in [0.717, 1.165) is 32.6 Å². The van der Waals surface area contributed by atoms with Crippen molar-refractivity contribution >= 4 is 29.0 Å². The van der Waals surface area contributed by atoms with Gasteiger partial charge in [-0.1, -0.05) is 23.2 Å². The molecule has 1 aromatic heterocycles. The number of hydrogen-bond donors (Lipinski definition) is 1. The molecule has 1 N–H and O–H groups in total. The van der Waals surface area contributed by atoms with E-state index in [1.54, 1.807) is 12.3 Å². The molecule has 1 aliphatic rings. The molecule has 0 saturated carbocycles. The van der Waals surface area contributed by atoms with E-state index in [4.69, 9.17) is 32.7 Å². The van der Waals surface area contributed by atoms with Gasteiger partial charge in [0.05, 0.1) is 22.8 Å². The lowest BCUT2D eigenvalue weighted by atomic mass is 10.3. The zero-order valence-corrected chi connectivity index (χ0v) is 11.5. The molecule has 0 unspecified atom stereocenters. The predicted octanol–water partition coefficient (Wildman–Crippen LogP) is 3.00. The lowest BCUT2D eigenvalue weighted by Crippen LogP contribution is -2.15. The van der Waals surface area contributed by atoms with Crippen molar-refractivity contribution < 1.29 is 9.47 Å². The molecule has 1 aliphatic heterocycles. The number of pyridine rings is 1. The minimum absolute atomic E-state index is 0.266. The Kier molecular flexibility index (Phi) is 5.50. The Labute approximate surface area is 117 Å². The molecule has 1 saturated heterocycles. The monoisotopic (exact) mass is 290 g/mol. The van der Waals surface area contributed by atoms with Crippen molar-refractivity contribution in [3.8, 4) is 0 Å². The van der Waals surface area contributed by atoms with Crippen LogP contribution in [0.4, 0.5) is 5.82 Å². The average molecular weight is 291 g/mol. The first-order chi connectivity index (χ1) is 8.75. The number of nitrogens with one attached hydrogen (secondary N) is 1. The molecule has 1 atom stereocenters. The van der Waals surface area contributed by atoms with E-state index in [0.29, 0.717) is 22.5 Å². The minimum atomic E-state index is 0.266. The second kappa shape index (κ2) is 7.14. The number of aromatic nitrogens is 1. The van der Waals surface area contributed by atoms with E-state index in [1.807, 2.05) is 0 Å². The zero-order valence-electron chi connectivity index (χ0n) is 9.99. The van der Waals surface area contributed by atoms with Gasteiger partial charge in [-0.05, 0) is 18.9 Å². The van der Waals surface area contributed by atoms with Gasteiger partial charge >= 0.3 is 0 Å². The van der Waals surface area contributed by atoms with Crippen molar-refractivity contribution in [1.82, 2.24) is 4.98 Å². The largest absolute Gasteiger partial charge is 0.379 e. The van der Waals surface area contributed by atoms with Crippen molar-refractivity contribution in [1.29, 1.82) is 0 Å². The molecule has 1 fully saturated rings. The Morgan fingerprint density at radius 2 is 2.39 bits per heavy atom. The average Bonchev–Trinajstić information content (AvgIpc) is 2.84. The van der Waals surface area contributed by atoms with Gasteiger partial charge in [0.25, 0.3) is 0 Å². The molecule has 100 valence electrons. The Bertz CT molecular complexity index is 384. The fourth-order valence-electron chi connectivity index (χ4n) is 1.72. The summed E-state index contributed by atoms with van der Waals surface area (Å²) < 4.78 is 10.9. The van der Waals surface area contributed by atoms with Gasteiger partial charge in [0.2, 0.25) is 0 Å². The summed E-state index contributed by atoms with van der Waals surface area (Å²) in [5, 5.41) is 4.22. The number of rotatable bonds is 6. The summed E-state index contributed by atoms with van der Waals surface area (Å²) in [5.41, 5.74) is 0. The first kappa shape index (κ1) is 13.9. The summed E-state index contributed by atoms with van der Waals surface area (Å²) in [4.78, 5) is 4.12. The van der Waals surface area contributed by atoms with Crippen LogP contribution in [0.2, 0.25) is 10.0 Å². The zero-order chi connectivity index (χ0) is 12.8. The lowest BCUT2D eigenvalue weighted by Gasteiger charge is -2.10. The van der Waals surface area contributed by atoms with Gasteiger partial charge in [-0.15, -0.1) is 0 Å². The van der Waals surface area contributed by atoms with E-state index in [9.17, 15) is 0 Å². The van der Waals surface area contributed by atoms with E-state index < -0.39 is 0 Å². The number of hydrogen-bond acceptors (Lipinski definition) is 4. The summed E-state index contributed by atoms with van der Waals surface area (Å²) >= 11 is 11.8. The van der Waals surface area contributed by atoms with Gasteiger partial charge in [0.15, 0.2) is 0 Å². The van der Waals surface area contributed by atoms with Crippen LogP contribution in [0.1, 0.15) is 12.8 Å². The molecule has 1 aromatic rings. The van der Waals surface area contributed by atoms with E-state index >= 15 is 0 Å². The molecule has 18 heavy (non-hydrogen) atoms. The maximum Gasteiger partial charge on any atom is 0.144 e. The Balaban J connectivity index is 1.62. The highest BCUT2D eigenvalue weighted by atomic mass is 35.5. The molecule has 0 aliphatic carbocycles. The molecule has 0 spiro atoms. The van der Waals surface area contributed by atoms with Crippen LogP contribution in [0.15, 0.2) is 12.3 Å². The van der Waals surface area contributed by atoms with Crippen LogP contribution in [0.25, 0.3) is 0 Å². The highest BCUT2D eigenvalue weighted by molar-refractivity contribution is 6.35. The highest BCUT2D eigenvalue weighted by Gasteiger charge is 2.15. The normalized spacial score (nSPS) is 19.1. The van der Waals surface area contributed by atoms with E-state index in [-0.39, 0.29) is 6.10 Å². The molecule has 0 amide bonds. The predicted molar refractivity (Wildman–Crippen MR) is 72.5 cm³/mol. The van der Waals surface area contributed by atoms with Gasteiger partial charge in [0, 0.05) is 26.0 Å². The van der Waals surface area contributed by atoms with Gasteiger partial charge in [-0.2, -0.15) is 0 Å². The van der Waals surface area contributed by atoms with E-state index in [2.05, 4.69) is 10.3 Å². The SMILES string of the molecule is Clc1cnc(NCCCO[C@@H]2CCOC2)c(Cl)c1. The third-order valence-corrected chi connectivity index (χ3v) is 3.16. The van der Waals surface area contributed by atoms with Crippen LogP contribution in [0, 0.1) is 0 Å². The fourth-order valence-corrected chi connectivity index (χ4v) is 2.16. The molecule has 6 heteroatoms. The summed E-state index contributed by atoms with van der Waals surface area (Å²) in [5.74, 6) is 0.658. The third-order valence-electron chi connectivity index (χ3n) is 2.66. The smallest absolute Gasteiger partial charge is 0.144 e. The Hall–Kier alpha value is -0.550. The van der Waals surface area contributed by atoms with Crippen molar-refractivity contribution in [3.05, 3.63) is 22.3 Å². The highest BCUT2D eigenvalue weighted by Crippen LogP contribution is 2.22. The standard InChI is InChI=1S/C12H16Cl2N2O2/c13-9-6-11(14)12(16-7-9)15-3-1-4-18-10-2-5-17-8-10/h6-7,10H,1-5,8H2,(H,15,16)/t10-/m1/s1. The molecule has 0 aromatic carbocycles. The van der Waals surface area contributed by atoms with Crippen LogP contribution in [0.3, 0.4) is 0 Å². The summed E-state index contributed by atoms with van der Waals surface area (Å²) in [6.45, 7) is 3.01. The van der Waals surface area contributed by atoms with Crippen LogP contribution in [0.5, 0.6) is 0 Å². The number of ether oxygens (including phenoxy) is 2. The first-order valence-corrected chi connectivity index (χ1v) is 6.75. The van der Waals surface area contributed by atoms with Crippen LogP contribution in [-0.4, -0.2) is 37.5 Å². The number of anilines is 1. The summed E-state index contributed by atoms with van der Waals surface area (Å²) in [7, 11) is 0. The van der Waals surface area contributed by atoms with Crippen molar-refractivity contribution in [3.63, 3.8) is 0 Å². The van der Waals surface area contributed by atoms with Crippen LogP contribution in [-0.2, 0) is 9.47 Å². The maximum absolute atomic E-state index is 5.99. The third kappa shape index (κ3) is 4.28. The lowest BCUT2D eigenvalue weighted by molar-refractivity contribution is 0.0427. The van der Waals surface area contributed by atoms with E-state index in [1.165, 1.54) is 0 Å². The van der Waals surface area contributed by atoms with Gasteiger partial charge < -0.3 is 14.8 Å². The minimum Gasteiger partial charge on any atom is -0.379 e. The molecule has 2 rings (SSSR count). The van der Waals surface area contributed by atoms with Crippen molar-refractivity contribution in [2.75, 3.05) is 31.7 Å².